The fourth-order valence-corrected chi connectivity index (χ4v) is 1.98. The van der Waals surface area contributed by atoms with E-state index < -0.39 is 0 Å². The van der Waals surface area contributed by atoms with Crippen molar-refractivity contribution in [2.24, 2.45) is 0 Å². The molecule has 0 aliphatic heterocycles. The molecule has 2 aromatic carbocycles. The molecule has 0 heterocycles. The Bertz CT molecular complexity index is 631. The number of benzene rings is 2. The summed E-state index contributed by atoms with van der Waals surface area (Å²) < 4.78 is 18.9. The molecule has 0 aliphatic rings. The SMILES string of the molecule is COc1ccccc1NC(=S)Nc1cc(C)ccc1F. The molecule has 0 amide bonds. The van der Waals surface area contributed by atoms with Crippen molar-refractivity contribution in [2.45, 2.75) is 6.92 Å². The monoisotopic (exact) mass is 290 g/mol. The molecule has 0 unspecified atom stereocenters. The minimum atomic E-state index is -0.347. The topological polar surface area (TPSA) is 33.3 Å². The fourth-order valence-electron chi connectivity index (χ4n) is 1.76. The van der Waals surface area contributed by atoms with Gasteiger partial charge in [0.15, 0.2) is 5.11 Å². The number of hydrogen-bond donors (Lipinski definition) is 2. The van der Waals surface area contributed by atoms with E-state index in [4.69, 9.17) is 17.0 Å². The Kier molecular flexibility index (Phi) is 4.53. The van der Waals surface area contributed by atoms with Crippen LogP contribution in [0.15, 0.2) is 42.5 Å². The molecule has 104 valence electrons. The molecular weight excluding hydrogens is 275 g/mol. The van der Waals surface area contributed by atoms with E-state index in [1.54, 1.807) is 19.2 Å². The molecule has 2 aromatic rings. The van der Waals surface area contributed by atoms with Gasteiger partial charge in [-0.3, -0.25) is 0 Å². The zero-order valence-electron chi connectivity index (χ0n) is 11.2. The minimum absolute atomic E-state index is 0.305. The molecule has 20 heavy (non-hydrogen) atoms. The van der Waals surface area contributed by atoms with Crippen LogP contribution in [0.3, 0.4) is 0 Å². The highest BCUT2D eigenvalue weighted by Gasteiger charge is 2.07. The van der Waals surface area contributed by atoms with Crippen molar-refractivity contribution in [2.75, 3.05) is 17.7 Å². The summed E-state index contributed by atoms with van der Waals surface area (Å²) in [6, 6.07) is 12.2. The first kappa shape index (κ1) is 14.3. The van der Waals surface area contributed by atoms with Crippen LogP contribution in [0.1, 0.15) is 5.56 Å². The van der Waals surface area contributed by atoms with Crippen LogP contribution in [0.5, 0.6) is 5.75 Å². The first-order chi connectivity index (χ1) is 9.60. The van der Waals surface area contributed by atoms with Crippen molar-refractivity contribution >= 4 is 28.7 Å². The molecule has 0 saturated carbocycles. The molecule has 2 rings (SSSR count). The quantitative estimate of drug-likeness (QED) is 0.839. The second kappa shape index (κ2) is 6.34. The molecule has 3 nitrogen and oxygen atoms in total. The number of anilines is 2. The van der Waals surface area contributed by atoms with Crippen molar-refractivity contribution in [1.82, 2.24) is 0 Å². The first-order valence-electron chi connectivity index (χ1n) is 6.07. The number of para-hydroxylation sites is 2. The highest BCUT2D eigenvalue weighted by molar-refractivity contribution is 7.80. The Morgan fingerprint density at radius 2 is 1.80 bits per heavy atom. The molecule has 2 N–H and O–H groups in total. The number of ether oxygens (including phenoxy) is 1. The Labute approximate surface area is 122 Å². The largest absolute Gasteiger partial charge is 0.495 e. The standard InChI is InChI=1S/C15H15FN2OS/c1-10-7-8-11(16)13(9-10)18-15(20)17-12-5-3-4-6-14(12)19-2/h3-9H,1-2H3,(H2,17,18,20). The lowest BCUT2D eigenvalue weighted by Crippen LogP contribution is -2.20. The van der Waals surface area contributed by atoms with E-state index in [9.17, 15) is 4.39 Å². The zero-order chi connectivity index (χ0) is 14.5. The van der Waals surface area contributed by atoms with Crippen LogP contribution >= 0.6 is 12.2 Å². The van der Waals surface area contributed by atoms with Gasteiger partial charge in [-0.25, -0.2) is 4.39 Å². The van der Waals surface area contributed by atoms with Crippen LogP contribution < -0.4 is 15.4 Å². The Balaban J connectivity index is 2.11. The number of halogens is 1. The summed E-state index contributed by atoms with van der Waals surface area (Å²) >= 11 is 5.18. The first-order valence-corrected chi connectivity index (χ1v) is 6.48. The second-order valence-electron chi connectivity index (χ2n) is 4.26. The number of aryl methyl sites for hydroxylation is 1. The summed E-state index contributed by atoms with van der Waals surface area (Å²) in [7, 11) is 1.58. The van der Waals surface area contributed by atoms with Gasteiger partial charge < -0.3 is 15.4 Å². The summed E-state index contributed by atoms with van der Waals surface area (Å²) in [4.78, 5) is 0. The van der Waals surface area contributed by atoms with Crippen LogP contribution in [-0.2, 0) is 0 Å². The third kappa shape index (κ3) is 3.45. The molecule has 0 aromatic heterocycles. The van der Waals surface area contributed by atoms with Gasteiger partial charge in [0.05, 0.1) is 18.5 Å². The third-order valence-electron chi connectivity index (χ3n) is 2.73. The van der Waals surface area contributed by atoms with Gasteiger partial charge in [-0.05, 0) is 49.0 Å². The summed E-state index contributed by atoms with van der Waals surface area (Å²) in [6.07, 6.45) is 0. The number of nitrogens with one attached hydrogen (secondary N) is 2. The molecule has 0 fully saturated rings. The lowest BCUT2D eigenvalue weighted by atomic mass is 10.2. The predicted octanol–water partition coefficient (Wildman–Crippen LogP) is 3.95. The number of hydrogen-bond acceptors (Lipinski definition) is 2. The maximum Gasteiger partial charge on any atom is 0.175 e. The van der Waals surface area contributed by atoms with Gasteiger partial charge in [0.1, 0.15) is 11.6 Å². The molecule has 0 saturated heterocycles. The maximum absolute atomic E-state index is 13.6. The van der Waals surface area contributed by atoms with Crippen molar-refractivity contribution in [3.05, 3.63) is 53.8 Å². The van der Waals surface area contributed by atoms with E-state index >= 15 is 0 Å². The smallest absolute Gasteiger partial charge is 0.175 e. The van der Waals surface area contributed by atoms with Gasteiger partial charge in [-0.1, -0.05) is 18.2 Å². The third-order valence-corrected chi connectivity index (χ3v) is 2.93. The predicted molar refractivity (Wildman–Crippen MR) is 84.0 cm³/mol. The highest BCUT2D eigenvalue weighted by Crippen LogP contribution is 2.23. The summed E-state index contributed by atoms with van der Waals surface area (Å²) in [5.74, 6) is 0.321. The average Bonchev–Trinajstić information content (AvgIpc) is 2.43. The second-order valence-corrected chi connectivity index (χ2v) is 4.67. The van der Waals surface area contributed by atoms with Gasteiger partial charge >= 0.3 is 0 Å². The molecule has 0 spiro atoms. The lowest BCUT2D eigenvalue weighted by molar-refractivity contribution is 0.417. The van der Waals surface area contributed by atoms with Gasteiger partial charge in [0.25, 0.3) is 0 Å². The molecule has 0 atom stereocenters. The Hall–Kier alpha value is -2.14. The van der Waals surface area contributed by atoms with E-state index in [2.05, 4.69) is 10.6 Å². The van der Waals surface area contributed by atoms with E-state index in [-0.39, 0.29) is 5.82 Å². The van der Waals surface area contributed by atoms with Gasteiger partial charge in [0, 0.05) is 0 Å². The average molecular weight is 290 g/mol. The number of rotatable bonds is 3. The van der Waals surface area contributed by atoms with E-state index in [1.807, 2.05) is 31.2 Å². The van der Waals surface area contributed by atoms with Gasteiger partial charge in [-0.2, -0.15) is 0 Å². The van der Waals surface area contributed by atoms with E-state index in [1.165, 1.54) is 6.07 Å². The van der Waals surface area contributed by atoms with E-state index in [0.29, 0.717) is 16.5 Å². The van der Waals surface area contributed by atoms with Crippen LogP contribution in [0.2, 0.25) is 0 Å². The molecule has 0 aliphatic carbocycles. The van der Waals surface area contributed by atoms with Crippen LogP contribution in [0.25, 0.3) is 0 Å². The highest BCUT2D eigenvalue weighted by atomic mass is 32.1. The zero-order valence-corrected chi connectivity index (χ0v) is 12.1. The number of thiocarbonyl (C=S) groups is 1. The van der Waals surface area contributed by atoms with Crippen molar-refractivity contribution in [3.63, 3.8) is 0 Å². The van der Waals surface area contributed by atoms with Crippen LogP contribution in [0.4, 0.5) is 15.8 Å². The molecule has 5 heteroatoms. The minimum Gasteiger partial charge on any atom is -0.495 e. The molecule has 0 bridgehead atoms. The fraction of sp³-hybridized carbons (Fsp3) is 0.133. The molecule has 0 radical (unpaired) electrons. The van der Waals surface area contributed by atoms with Gasteiger partial charge in [-0.15, -0.1) is 0 Å². The maximum atomic E-state index is 13.6. The normalized spacial score (nSPS) is 9.95. The lowest BCUT2D eigenvalue weighted by Gasteiger charge is -2.14. The Morgan fingerprint density at radius 1 is 1.10 bits per heavy atom. The Morgan fingerprint density at radius 3 is 2.55 bits per heavy atom. The van der Waals surface area contributed by atoms with Crippen LogP contribution in [0, 0.1) is 12.7 Å². The van der Waals surface area contributed by atoms with Crippen molar-refractivity contribution in [3.8, 4) is 5.75 Å². The number of methoxy groups -OCH3 is 1. The van der Waals surface area contributed by atoms with E-state index in [0.717, 1.165) is 11.3 Å². The van der Waals surface area contributed by atoms with Crippen molar-refractivity contribution < 1.29 is 9.13 Å². The van der Waals surface area contributed by atoms with Crippen molar-refractivity contribution in [1.29, 1.82) is 0 Å². The van der Waals surface area contributed by atoms with Gasteiger partial charge in [0.2, 0.25) is 0 Å². The summed E-state index contributed by atoms with van der Waals surface area (Å²) in [5.41, 5.74) is 2.02. The van der Waals surface area contributed by atoms with Crippen LogP contribution in [-0.4, -0.2) is 12.2 Å². The summed E-state index contributed by atoms with van der Waals surface area (Å²) in [5, 5.41) is 6.13. The molecular formula is C15H15FN2OS. The summed E-state index contributed by atoms with van der Waals surface area (Å²) in [6.45, 7) is 1.89.